The predicted molar refractivity (Wildman–Crippen MR) is 77.3 cm³/mol. The maximum absolute atomic E-state index is 10.5. The van der Waals surface area contributed by atoms with Gasteiger partial charge < -0.3 is 4.74 Å². The number of rotatable bonds is 1. The zero-order valence-corrected chi connectivity index (χ0v) is 11.9. The Balaban J connectivity index is 0.000000285. The highest BCUT2D eigenvalue weighted by Crippen LogP contribution is 2.38. The number of carbonyl (C=O) groups is 1. The molecular weight excluding hydrogens is 224 g/mol. The van der Waals surface area contributed by atoms with Crippen molar-refractivity contribution in [2.24, 2.45) is 11.8 Å². The Kier molecular flexibility index (Phi) is 7.33. The van der Waals surface area contributed by atoms with Crippen LogP contribution in [-0.2, 0) is 9.53 Å². The van der Waals surface area contributed by atoms with Crippen LogP contribution in [0.2, 0.25) is 0 Å². The Labute approximate surface area is 111 Å². The van der Waals surface area contributed by atoms with Gasteiger partial charge in [-0.2, -0.15) is 0 Å². The molecule has 1 fully saturated rings. The molecule has 0 aromatic rings. The van der Waals surface area contributed by atoms with Crippen molar-refractivity contribution in [3.8, 4) is 0 Å². The molecule has 2 unspecified atom stereocenters. The Morgan fingerprint density at radius 1 is 1.22 bits per heavy atom. The van der Waals surface area contributed by atoms with E-state index in [4.69, 9.17) is 4.74 Å². The highest BCUT2D eigenvalue weighted by molar-refractivity contribution is 5.81. The lowest BCUT2D eigenvalue weighted by Gasteiger charge is -2.17. The summed E-state index contributed by atoms with van der Waals surface area (Å²) in [6.07, 6.45) is 10.3. The van der Waals surface area contributed by atoms with Crippen LogP contribution < -0.4 is 0 Å². The van der Waals surface area contributed by atoms with E-state index in [9.17, 15) is 4.79 Å². The van der Waals surface area contributed by atoms with Gasteiger partial charge in [-0.05, 0) is 51.9 Å². The molecule has 2 bridgehead atoms. The van der Waals surface area contributed by atoms with Crippen molar-refractivity contribution in [3.05, 3.63) is 38.0 Å². The second-order valence-electron chi connectivity index (χ2n) is 5.46. The van der Waals surface area contributed by atoms with Gasteiger partial charge in [-0.25, -0.2) is 4.79 Å². The van der Waals surface area contributed by atoms with Gasteiger partial charge in [-0.15, -0.1) is 13.2 Å². The number of hydrogen-bond acceptors (Lipinski definition) is 2. The third-order valence-corrected chi connectivity index (χ3v) is 2.74. The fourth-order valence-corrected chi connectivity index (χ4v) is 2.06. The van der Waals surface area contributed by atoms with Crippen LogP contribution in [0.3, 0.4) is 0 Å². The zero-order valence-electron chi connectivity index (χ0n) is 11.9. The van der Waals surface area contributed by atoms with Gasteiger partial charge in [0, 0.05) is 6.08 Å². The average molecular weight is 250 g/mol. The Bertz CT molecular complexity index is 285. The lowest BCUT2D eigenvalue weighted by Crippen LogP contribution is -2.22. The topological polar surface area (TPSA) is 26.3 Å². The summed E-state index contributed by atoms with van der Waals surface area (Å²) in [6.45, 7) is 14.7. The summed E-state index contributed by atoms with van der Waals surface area (Å²) in [5.41, 5.74) is -0.398. The molecule has 2 atom stereocenters. The molecule has 2 aliphatic carbocycles. The predicted octanol–water partition coefficient (Wildman–Crippen LogP) is 4.29. The summed E-state index contributed by atoms with van der Waals surface area (Å²) < 4.78 is 4.83. The molecule has 2 aliphatic rings. The van der Waals surface area contributed by atoms with Gasteiger partial charge in [-0.3, -0.25) is 0 Å². The van der Waals surface area contributed by atoms with E-state index in [1.165, 1.54) is 19.3 Å². The van der Waals surface area contributed by atoms with Gasteiger partial charge in [0.1, 0.15) is 5.60 Å². The van der Waals surface area contributed by atoms with E-state index in [0.29, 0.717) is 0 Å². The Morgan fingerprint density at radius 2 is 1.67 bits per heavy atom. The van der Waals surface area contributed by atoms with E-state index in [1.54, 1.807) is 0 Å². The minimum atomic E-state index is -0.398. The second kappa shape index (κ2) is 7.91. The third-order valence-electron chi connectivity index (χ3n) is 2.74. The molecule has 1 saturated carbocycles. The van der Waals surface area contributed by atoms with E-state index in [2.05, 4.69) is 31.9 Å². The van der Waals surface area contributed by atoms with Crippen LogP contribution in [0.1, 0.15) is 40.0 Å². The first-order valence-corrected chi connectivity index (χ1v) is 6.44. The third kappa shape index (κ3) is 7.10. The fraction of sp³-hybridized carbons (Fsp3) is 0.562. The molecule has 18 heavy (non-hydrogen) atoms. The van der Waals surface area contributed by atoms with E-state index in [0.717, 1.165) is 17.9 Å². The molecule has 0 spiro atoms. The van der Waals surface area contributed by atoms with Crippen molar-refractivity contribution in [1.82, 2.24) is 0 Å². The first kappa shape index (κ1) is 16.7. The van der Waals surface area contributed by atoms with Crippen LogP contribution in [0.15, 0.2) is 38.0 Å². The quantitative estimate of drug-likeness (QED) is 0.394. The van der Waals surface area contributed by atoms with Crippen molar-refractivity contribution in [2.45, 2.75) is 45.6 Å². The zero-order chi connectivity index (χ0) is 14.2. The summed E-state index contributed by atoms with van der Waals surface area (Å²) >= 11 is 0. The first-order chi connectivity index (χ1) is 8.40. The van der Waals surface area contributed by atoms with Gasteiger partial charge in [0.2, 0.25) is 0 Å². The van der Waals surface area contributed by atoms with Crippen LogP contribution >= 0.6 is 0 Å². The van der Waals surface area contributed by atoms with Crippen molar-refractivity contribution in [2.75, 3.05) is 0 Å². The number of ether oxygens (including phenoxy) is 1. The van der Waals surface area contributed by atoms with E-state index in [1.807, 2.05) is 20.8 Å². The van der Waals surface area contributed by atoms with Crippen molar-refractivity contribution in [1.29, 1.82) is 0 Å². The molecule has 0 aromatic carbocycles. The summed E-state index contributed by atoms with van der Waals surface area (Å²) in [5.74, 6) is 1.61. The molecular formula is C16H26O2. The number of allylic oxidation sites excluding steroid dienone is 2. The summed E-state index contributed by atoms with van der Waals surface area (Å²) in [7, 11) is 0. The van der Waals surface area contributed by atoms with Crippen LogP contribution in [0.4, 0.5) is 0 Å². The molecule has 0 aromatic heterocycles. The molecule has 2 rings (SSSR count). The molecule has 2 heteroatoms. The number of fused-ring (bicyclic) bond motifs is 2. The minimum absolute atomic E-state index is 0.373. The average Bonchev–Trinajstić information content (AvgIpc) is 2.94. The maximum atomic E-state index is 10.5. The fourth-order valence-electron chi connectivity index (χ4n) is 2.06. The largest absolute Gasteiger partial charge is 0.457 e. The standard InChI is InChI=1S/C7H12O2.C7H10.C2H4/c1-5-6(8)9-7(2,3)4;1-2-7-4-3-6(1)5-7;1-2/h5H,1H2,2-4H3;1-2,6-7H,3-5H2;1-2H2. The van der Waals surface area contributed by atoms with Gasteiger partial charge in [0.25, 0.3) is 0 Å². The lowest BCUT2D eigenvalue weighted by molar-refractivity contribution is -0.148. The van der Waals surface area contributed by atoms with Crippen LogP contribution in [0, 0.1) is 11.8 Å². The molecule has 0 heterocycles. The van der Waals surface area contributed by atoms with Crippen LogP contribution in [-0.4, -0.2) is 11.6 Å². The molecule has 2 nitrogen and oxygen atoms in total. The smallest absolute Gasteiger partial charge is 0.330 e. The van der Waals surface area contributed by atoms with Crippen molar-refractivity contribution in [3.63, 3.8) is 0 Å². The van der Waals surface area contributed by atoms with Gasteiger partial charge in [0.05, 0.1) is 0 Å². The molecule has 0 aliphatic heterocycles. The SMILES string of the molecule is C1=CC2CCC1C2.C=C.C=CC(=O)OC(C)(C)C. The lowest BCUT2D eigenvalue weighted by atomic mass is 10.1. The van der Waals surface area contributed by atoms with E-state index < -0.39 is 5.60 Å². The van der Waals surface area contributed by atoms with Gasteiger partial charge in [0.15, 0.2) is 0 Å². The monoisotopic (exact) mass is 250 g/mol. The first-order valence-electron chi connectivity index (χ1n) is 6.44. The number of hydrogen-bond donors (Lipinski definition) is 0. The van der Waals surface area contributed by atoms with E-state index >= 15 is 0 Å². The maximum Gasteiger partial charge on any atom is 0.330 e. The van der Waals surface area contributed by atoms with Crippen LogP contribution in [0.5, 0.6) is 0 Å². The highest BCUT2D eigenvalue weighted by atomic mass is 16.6. The van der Waals surface area contributed by atoms with E-state index in [-0.39, 0.29) is 5.97 Å². The number of carbonyl (C=O) groups excluding carboxylic acids is 1. The summed E-state index contributed by atoms with van der Waals surface area (Å²) in [5, 5.41) is 0. The Morgan fingerprint density at radius 3 is 1.78 bits per heavy atom. The minimum Gasteiger partial charge on any atom is -0.457 e. The van der Waals surface area contributed by atoms with Gasteiger partial charge in [-0.1, -0.05) is 18.7 Å². The van der Waals surface area contributed by atoms with Crippen molar-refractivity contribution < 1.29 is 9.53 Å². The molecule has 0 amide bonds. The second-order valence-corrected chi connectivity index (χ2v) is 5.46. The van der Waals surface area contributed by atoms with Gasteiger partial charge >= 0.3 is 5.97 Å². The summed E-state index contributed by atoms with van der Waals surface area (Å²) in [6, 6.07) is 0. The normalized spacial score (nSPS) is 23.3. The molecule has 102 valence electrons. The number of esters is 1. The molecule has 0 saturated heterocycles. The highest BCUT2D eigenvalue weighted by Gasteiger charge is 2.25. The molecule has 0 N–H and O–H groups in total. The summed E-state index contributed by atoms with van der Waals surface area (Å²) in [4.78, 5) is 10.5. The molecule has 0 radical (unpaired) electrons. The van der Waals surface area contributed by atoms with Crippen molar-refractivity contribution >= 4 is 5.97 Å². The van der Waals surface area contributed by atoms with Crippen LogP contribution in [0.25, 0.3) is 0 Å². The Hall–Kier alpha value is -1.31.